The normalized spacial score (nSPS) is 24.5. The van der Waals surface area contributed by atoms with Crippen molar-refractivity contribution < 1.29 is 23.8 Å². The Morgan fingerprint density at radius 2 is 1.53 bits per heavy atom. The Morgan fingerprint density at radius 1 is 0.833 bits per heavy atom. The molecule has 0 saturated heterocycles. The van der Waals surface area contributed by atoms with Crippen molar-refractivity contribution in [2.45, 2.75) is 43.9 Å². The van der Waals surface area contributed by atoms with Gasteiger partial charge in [0.25, 0.3) is 0 Å². The molecule has 0 atom stereocenters. The maximum Gasteiger partial charge on any atom is 0.235 e. The van der Waals surface area contributed by atoms with Crippen molar-refractivity contribution in [2.75, 3.05) is 0 Å². The van der Waals surface area contributed by atoms with E-state index in [4.69, 9.17) is 9.47 Å². The van der Waals surface area contributed by atoms with Crippen LogP contribution in [0.25, 0.3) is 0 Å². The van der Waals surface area contributed by atoms with Crippen LogP contribution in [0.2, 0.25) is 0 Å². The molecule has 149 valence electrons. The maximum atomic E-state index is 6.49. The molecule has 0 N–H and O–H groups in total. The minimum atomic E-state index is 0. The summed E-state index contributed by atoms with van der Waals surface area (Å²) in [7, 11) is 0. The first-order valence-corrected chi connectivity index (χ1v) is 10.9. The average Bonchev–Trinajstić information content (AvgIpc) is 2.80. The summed E-state index contributed by atoms with van der Waals surface area (Å²) >= 11 is 0. The van der Waals surface area contributed by atoms with E-state index in [2.05, 4.69) is 36.4 Å². The molecule has 2 nitrogen and oxygen atoms in total. The maximum absolute atomic E-state index is 6.49. The van der Waals surface area contributed by atoms with Gasteiger partial charge in [-0.1, -0.05) is 18.2 Å². The Labute approximate surface area is 185 Å². The number of benzene rings is 3. The number of hydrogen-bond donors (Lipinski definition) is 0. The third-order valence-electron chi connectivity index (χ3n) is 7.95. The van der Waals surface area contributed by atoms with Crippen LogP contribution in [-0.2, 0) is 5.41 Å². The number of fused-ring (bicyclic) bond motifs is 7. The van der Waals surface area contributed by atoms with Gasteiger partial charge in [0.1, 0.15) is 17.2 Å². The smallest absolute Gasteiger partial charge is 0.235 e. The Bertz CT molecular complexity index is 1140. The molecule has 8 rings (SSSR count). The van der Waals surface area contributed by atoms with Crippen LogP contribution in [0.1, 0.15) is 44.1 Å². The van der Waals surface area contributed by atoms with Crippen molar-refractivity contribution in [3.8, 4) is 23.0 Å². The van der Waals surface area contributed by atoms with E-state index in [9.17, 15) is 0 Å². The van der Waals surface area contributed by atoms with Crippen LogP contribution in [0.3, 0.4) is 0 Å². The molecule has 1 radical (unpaired) electrons. The molecule has 2 bridgehead atoms. The van der Waals surface area contributed by atoms with E-state index in [1.54, 1.807) is 0 Å². The predicted octanol–water partition coefficient (Wildman–Crippen LogP) is 4.44. The number of rotatable bonds is 1. The fourth-order valence-electron chi connectivity index (χ4n) is 6.33. The van der Waals surface area contributed by atoms with Crippen LogP contribution >= 0.6 is 0 Å². The minimum Gasteiger partial charge on any atom is -0.518 e. The van der Waals surface area contributed by atoms with Gasteiger partial charge in [-0.2, -0.15) is 18.2 Å². The summed E-state index contributed by atoms with van der Waals surface area (Å²) in [6.45, 7) is 0.164. The van der Waals surface area contributed by atoms with E-state index in [0.29, 0.717) is 5.41 Å². The second-order valence-corrected chi connectivity index (χ2v) is 9.28. The van der Waals surface area contributed by atoms with Gasteiger partial charge in [0.05, 0.1) is 0 Å². The van der Waals surface area contributed by atoms with E-state index in [0.717, 1.165) is 34.4 Å². The van der Waals surface area contributed by atoms with E-state index in [1.807, 2.05) is 24.3 Å². The van der Waals surface area contributed by atoms with Crippen molar-refractivity contribution in [1.82, 2.24) is 0 Å². The van der Waals surface area contributed by atoms with E-state index in [-0.39, 0.29) is 21.0 Å². The number of ether oxygens (including phenoxy) is 2. The van der Waals surface area contributed by atoms with Gasteiger partial charge in [0.2, 0.25) is 6.71 Å². The predicted molar refractivity (Wildman–Crippen MR) is 116 cm³/mol. The molecule has 3 fully saturated rings. The zero-order valence-electron chi connectivity index (χ0n) is 16.8. The molecular weight excluding hydrogens is 598 g/mol. The largest absolute Gasteiger partial charge is 0.518 e. The molecule has 4 heteroatoms. The zero-order chi connectivity index (χ0) is 19.0. The van der Waals surface area contributed by atoms with Crippen molar-refractivity contribution in [1.29, 1.82) is 0 Å². The first-order valence-electron chi connectivity index (χ1n) is 10.9. The number of hydrogen-bond acceptors (Lipinski definition) is 2. The molecule has 0 aromatic heterocycles. The molecule has 0 unspecified atom stereocenters. The van der Waals surface area contributed by atoms with Crippen LogP contribution in [-0.4, -0.2) is 6.71 Å². The zero-order valence-corrected chi connectivity index (χ0v) is 19.9. The van der Waals surface area contributed by atoms with Crippen molar-refractivity contribution in [2.24, 2.45) is 5.92 Å². The molecule has 3 aromatic carbocycles. The van der Waals surface area contributed by atoms with E-state index in [1.165, 1.54) is 55.0 Å². The van der Waals surface area contributed by atoms with Crippen molar-refractivity contribution >= 4 is 23.1 Å². The first kappa shape index (κ1) is 18.5. The first-order chi connectivity index (χ1) is 14.3. The van der Waals surface area contributed by atoms with Gasteiger partial charge < -0.3 is 9.47 Å². The molecule has 2 heterocycles. The summed E-state index contributed by atoms with van der Waals surface area (Å²) in [6.07, 6.45) is 8.21. The van der Waals surface area contributed by atoms with Crippen molar-refractivity contribution in [3.05, 3.63) is 66.2 Å². The van der Waals surface area contributed by atoms with Crippen LogP contribution in [0.4, 0.5) is 0 Å². The van der Waals surface area contributed by atoms with Crippen LogP contribution in [0.15, 0.2) is 54.6 Å². The quantitative estimate of drug-likeness (QED) is 0.204. The Kier molecular flexibility index (Phi) is 4.07. The van der Waals surface area contributed by atoms with Crippen LogP contribution < -0.4 is 25.9 Å². The molecule has 3 aromatic rings. The summed E-state index contributed by atoms with van der Waals surface area (Å²) in [5.74, 6) is 4.74. The van der Waals surface area contributed by atoms with Gasteiger partial charge in [-0.05, 0) is 79.1 Å². The van der Waals surface area contributed by atoms with Gasteiger partial charge in [0.15, 0.2) is 0 Å². The van der Waals surface area contributed by atoms with Gasteiger partial charge in [0, 0.05) is 25.5 Å². The SMILES string of the molecule is [Am].[c-]1ccc2c(c1)Oc1cccc3c1B2c1ccc(C24CCC(CC2)CC4)cc1O3. The molecule has 2 aliphatic heterocycles. The molecular formula is C26H22AmBO2-. The molecule has 3 saturated carbocycles. The summed E-state index contributed by atoms with van der Waals surface area (Å²) < 4.78 is 12.7. The third kappa shape index (κ3) is 2.47. The second kappa shape index (κ2) is 6.61. The molecule has 3 aliphatic carbocycles. The molecule has 0 spiro atoms. The fourth-order valence-corrected chi connectivity index (χ4v) is 6.33. The van der Waals surface area contributed by atoms with E-state index < -0.39 is 0 Å². The Balaban J connectivity index is 0.00000175. The molecule has 5 aliphatic rings. The standard InChI is InChI=1S/C26H22BO2.Am/c1-2-5-21-19(4-1)27-20-9-8-18(26-13-10-17(11-14-26)12-15-26)16-24(20)29-23-7-3-6-22(28-21)25(23)27;/h1,3-9,16-17H,10-15H2;/q-1;. The summed E-state index contributed by atoms with van der Waals surface area (Å²) in [5, 5.41) is 0. The Morgan fingerprint density at radius 3 is 2.30 bits per heavy atom. The van der Waals surface area contributed by atoms with Gasteiger partial charge >= 0.3 is 0 Å². The van der Waals surface area contributed by atoms with Gasteiger partial charge in [-0.15, -0.1) is 11.5 Å². The fraction of sp³-hybridized carbons (Fsp3) is 0.308. The third-order valence-corrected chi connectivity index (χ3v) is 7.95. The molecule has 30 heavy (non-hydrogen) atoms. The average molecular weight is 620 g/mol. The second-order valence-electron chi connectivity index (χ2n) is 9.28. The molecule has 0 amide bonds. The van der Waals surface area contributed by atoms with Crippen molar-refractivity contribution in [3.63, 3.8) is 0 Å². The van der Waals surface area contributed by atoms with Crippen LogP contribution in [0.5, 0.6) is 23.0 Å². The van der Waals surface area contributed by atoms with Gasteiger partial charge in [-0.25, -0.2) is 0 Å². The minimum absolute atomic E-state index is 0. The van der Waals surface area contributed by atoms with Gasteiger partial charge in [-0.3, -0.25) is 0 Å². The Hall–Kier alpha value is -2.29. The summed E-state index contributed by atoms with van der Waals surface area (Å²) in [5.41, 5.74) is 5.48. The van der Waals surface area contributed by atoms with E-state index >= 15 is 0 Å². The summed E-state index contributed by atoms with van der Waals surface area (Å²) in [4.78, 5) is 0. The topological polar surface area (TPSA) is 18.5 Å². The summed E-state index contributed by atoms with van der Waals surface area (Å²) in [6, 6.07) is 22.5. The van der Waals surface area contributed by atoms with Crippen LogP contribution in [0, 0.1) is 26.3 Å². The monoisotopic (exact) mass is 618 g/mol.